The number of benzene rings is 1. The zero-order chi connectivity index (χ0) is 13.0. The fraction of sp³-hybridized carbons (Fsp3) is 0.455. The van der Waals surface area contributed by atoms with Gasteiger partial charge in [-0.05, 0) is 39.5 Å². The van der Waals surface area contributed by atoms with E-state index in [1.54, 1.807) is 6.07 Å². The summed E-state index contributed by atoms with van der Waals surface area (Å²) in [4.78, 5) is 12.1. The average Bonchev–Trinajstić information content (AvgIpc) is 2.21. The predicted octanol–water partition coefficient (Wildman–Crippen LogP) is 2.45. The van der Waals surface area contributed by atoms with Crippen LogP contribution < -0.4 is 0 Å². The molecule has 5 nitrogen and oxygen atoms in total. The van der Waals surface area contributed by atoms with E-state index in [9.17, 15) is 15.2 Å². The number of nitro groups is 1. The number of nitrogens with zero attached hydrogens (tertiary/aromatic N) is 2. The summed E-state index contributed by atoms with van der Waals surface area (Å²) in [6.07, 6.45) is 1.36. The maximum absolute atomic E-state index is 10.7. The first kappa shape index (κ1) is 13.7. The largest absolute Gasteiger partial charge is 0.502 e. The standard InChI is InChI=1S/C11H15ClN2O3/c1-13(2)5-3-4-8-6-9(12)7-10(11(8)15)14(16)17/h6-7,15H,3-5H2,1-2H3. The summed E-state index contributed by atoms with van der Waals surface area (Å²) in [6, 6.07) is 2.73. The van der Waals surface area contributed by atoms with Crippen molar-refractivity contribution < 1.29 is 10.0 Å². The summed E-state index contributed by atoms with van der Waals surface area (Å²) in [5.41, 5.74) is 0.184. The molecule has 94 valence electrons. The highest BCUT2D eigenvalue weighted by Crippen LogP contribution is 2.33. The van der Waals surface area contributed by atoms with E-state index in [4.69, 9.17) is 11.6 Å². The lowest BCUT2D eigenvalue weighted by molar-refractivity contribution is -0.385. The van der Waals surface area contributed by atoms with Crippen molar-refractivity contribution in [1.29, 1.82) is 0 Å². The fourth-order valence-electron chi connectivity index (χ4n) is 1.56. The Labute approximate surface area is 105 Å². The van der Waals surface area contributed by atoms with E-state index in [0.717, 1.165) is 19.0 Å². The maximum Gasteiger partial charge on any atom is 0.312 e. The van der Waals surface area contributed by atoms with Crippen molar-refractivity contribution in [2.24, 2.45) is 0 Å². The molecule has 0 fully saturated rings. The van der Waals surface area contributed by atoms with Crippen LogP contribution >= 0.6 is 11.6 Å². The molecule has 1 N–H and O–H groups in total. The van der Waals surface area contributed by atoms with Gasteiger partial charge in [-0.2, -0.15) is 0 Å². The highest BCUT2D eigenvalue weighted by atomic mass is 35.5. The fourth-order valence-corrected chi connectivity index (χ4v) is 1.79. The second-order valence-electron chi connectivity index (χ2n) is 4.10. The molecule has 0 aliphatic rings. The Morgan fingerprint density at radius 2 is 2.12 bits per heavy atom. The Morgan fingerprint density at radius 1 is 1.47 bits per heavy atom. The van der Waals surface area contributed by atoms with Crippen molar-refractivity contribution in [2.45, 2.75) is 12.8 Å². The Kier molecular flexibility index (Phi) is 4.72. The van der Waals surface area contributed by atoms with Crippen LogP contribution in [0.15, 0.2) is 12.1 Å². The topological polar surface area (TPSA) is 66.6 Å². The molecule has 1 aromatic carbocycles. The number of hydrogen-bond acceptors (Lipinski definition) is 4. The van der Waals surface area contributed by atoms with Gasteiger partial charge in [0.2, 0.25) is 0 Å². The molecule has 1 rings (SSSR count). The van der Waals surface area contributed by atoms with E-state index >= 15 is 0 Å². The van der Waals surface area contributed by atoms with Crippen molar-refractivity contribution in [2.75, 3.05) is 20.6 Å². The van der Waals surface area contributed by atoms with Crippen LogP contribution in [0.1, 0.15) is 12.0 Å². The highest BCUT2D eigenvalue weighted by molar-refractivity contribution is 6.31. The average molecular weight is 259 g/mol. The summed E-state index contributed by atoms with van der Waals surface area (Å²) in [5, 5.41) is 20.7. The SMILES string of the molecule is CN(C)CCCc1cc(Cl)cc([N+](=O)[O-])c1O. The van der Waals surface area contributed by atoms with Crippen LogP contribution in [0.4, 0.5) is 5.69 Å². The minimum absolute atomic E-state index is 0.273. The smallest absolute Gasteiger partial charge is 0.312 e. The monoisotopic (exact) mass is 258 g/mol. The van der Waals surface area contributed by atoms with E-state index in [-0.39, 0.29) is 16.5 Å². The van der Waals surface area contributed by atoms with Crippen molar-refractivity contribution in [1.82, 2.24) is 4.90 Å². The van der Waals surface area contributed by atoms with Crippen LogP contribution in [-0.4, -0.2) is 35.6 Å². The van der Waals surface area contributed by atoms with E-state index in [1.165, 1.54) is 0 Å². The molecule has 17 heavy (non-hydrogen) atoms. The first-order valence-electron chi connectivity index (χ1n) is 5.22. The van der Waals surface area contributed by atoms with Gasteiger partial charge in [-0.3, -0.25) is 10.1 Å². The highest BCUT2D eigenvalue weighted by Gasteiger charge is 2.18. The van der Waals surface area contributed by atoms with Crippen molar-refractivity contribution in [3.63, 3.8) is 0 Å². The Hall–Kier alpha value is -1.33. The normalized spacial score (nSPS) is 10.8. The number of phenolic OH excluding ortho intramolecular Hbond substituents is 1. The summed E-state index contributed by atoms with van der Waals surface area (Å²) in [7, 11) is 3.89. The molecule has 0 unspecified atom stereocenters. The molecule has 0 bridgehead atoms. The lowest BCUT2D eigenvalue weighted by Gasteiger charge is -2.10. The molecule has 0 heterocycles. The molecule has 0 aromatic heterocycles. The van der Waals surface area contributed by atoms with Gasteiger partial charge in [0.15, 0.2) is 5.75 Å². The third-order valence-corrected chi connectivity index (χ3v) is 2.60. The molecule has 0 amide bonds. The van der Waals surface area contributed by atoms with E-state index < -0.39 is 4.92 Å². The Morgan fingerprint density at radius 3 is 2.65 bits per heavy atom. The Balaban J connectivity index is 2.88. The molecule has 0 radical (unpaired) electrons. The lowest BCUT2D eigenvalue weighted by atomic mass is 10.1. The van der Waals surface area contributed by atoms with E-state index in [1.807, 2.05) is 19.0 Å². The lowest BCUT2D eigenvalue weighted by Crippen LogP contribution is -2.13. The van der Waals surface area contributed by atoms with Crippen molar-refractivity contribution >= 4 is 17.3 Å². The first-order chi connectivity index (χ1) is 7.91. The number of phenols is 1. The molecule has 1 aromatic rings. The number of aryl methyl sites for hydroxylation is 1. The number of halogens is 1. The second kappa shape index (κ2) is 5.84. The zero-order valence-corrected chi connectivity index (χ0v) is 10.6. The van der Waals surface area contributed by atoms with Gasteiger partial charge in [0.1, 0.15) is 0 Å². The number of nitro benzene ring substituents is 1. The molecule has 0 saturated carbocycles. The zero-order valence-electron chi connectivity index (χ0n) is 9.81. The van der Waals surface area contributed by atoms with Gasteiger partial charge in [-0.1, -0.05) is 11.6 Å². The molecule has 0 aliphatic heterocycles. The summed E-state index contributed by atoms with van der Waals surface area (Å²) in [5.74, 6) is -0.279. The minimum atomic E-state index is -0.628. The molecular formula is C11H15ClN2O3. The van der Waals surface area contributed by atoms with Crippen LogP contribution in [0.25, 0.3) is 0 Å². The van der Waals surface area contributed by atoms with Crippen molar-refractivity contribution in [3.8, 4) is 5.75 Å². The van der Waals surface area contributed by atoms with Crippen LogP contribution in [0.2, 0.25) is 5.02 Å². The van der Waals surface area contributed by atoms with E-state index in [0.29, 0.717) is 12.0 Å². The molecule has 0 aliphatic carbocycles. The molecule has 0 spiro atoms. The van der Waals surface area contributed by atoms with Crippen LogP contribution in [0.3, 0.4) is 0 Å². The van der Waals surface area contributed by atoms with Gasteiger partial charge < -0.3 is 10.0 Å². The molecule has 0 saturated heterocycles. The number of hydrogen-bond donors (Lipinski definition) is 1. The number of aromatic hydroxyl groups is 1. The predicted molar refractivity (Wildman–Crippen MR) is 66.6 cm³/mol. The summed E-state index contributed by atoms with van der Waals surface area (Å²) >= 11 is 5.78. The van der Waals surface area contributed by atoms with Crippen LogP contribution in [0, 0.1) is 10.1 Å². The van der Waals surface area contributed by atoms with Gasteiger partial charge in [-0.25, -0.2) is 0 Å². The summed E-state index contributed by atoms with van der Waals surface area (Å²) in [6.45, 7) is 0.847. The van der Waals surface area contributed by atoms with Gasteiger partial charge in [-0.15, -0.1) is 0 Å². The summed E-state index contributed by atoms with van der Waals surface area (Å²) < 4.78 is 0. The third-order valence-electron chi connectivity index (χ3n) is 2.38. The third kappa shape index (κ3) is 3.87. The van der Waals surface area contributed by atoms with Crippen molar-refractivity contribution in [3.05, 3.63) is 32.8 Å². The first-order valence-corrected chi connectivity index (χ1v) is 5.60. The van der Waals surface area contributed by atoms with Gasteiger partial charge in [0.05, 0.1) is 4.92 Å². The van der Waals surface area contributed by atoms with Gasteiger partial charge in [0, 0.05) is 16.7 Å². The van der Waals surface area contributed by atoms with Crippen LogP contribution in [-0.2, 0) is 6.42 Å². The number of rotatable bonds is 5. The molecular weight excluding hydrogens is 244 g/mol. The molecule has 0 atom stereocenters. The quantitative estimate of drug-likeness (QED) is 0.651. The van der Waals surface area contributed by atoms with Crippen LogP contribution in [0.5, 0.6) is 5.75 Å². The second-order valence-corrected chi connectivity index (χ2v) is 4.53. The Bertz CT molecular complexity index is 421. The van der Waals surface area contributed by atoms with E-state index in [2.05, 4.69) is 0 Å². The maximum atomic E-state index is 10.7. The molecule has 6 heteroatoms. The minimum Gasteiger partial charge on any atom is -0.502 e. The van der Waals surface area contributed by atoms with Gasteiger partial charge in [0.25, 0.3) is 0 Å². The van der Waals surface area contributed by atoms with Gasteiger partial charge >= 0.3 is 5.69 Å².